The number of carbonyl (C=O) groups is 2. The molecular formula is C22H25NO6. The molecule has 0 aliphatic rings. The number of anilines is 1. The molecule has 0 saturated heterocycles. The van der Waals surface area contributed by atoms with Gasteiger partial charge in [-0.2, -0.15) is 0 Å². The summed E-state index contributed by atoms with van der Waals surface area (Å²) >= 11 is 0. The maximum Gasteiger partial charge on any atom is 0.412 e. The second kappa shape index (κ2) is 10.9. The molecule has 154 valence electrons. The molecule has 0 aromatic heterocycles. The summed E-state index contributed by atoms with van der Waals surface area (Å²) in [6.45, 7) is 3.60. The lowest BCUT2D eigenvalue weighted by Gasteiger charge is -2.24. The van der Waals surface area contributed by atoms with Gasteiger partial charge in [-0.05, 0) is 25.1 Å². The van der Waals surface area contributed by atoms with Gasteiger partial charge in [0.15, 0.2) is 0 Å². The Kier molecular flexibility index (Phi) is 8.24. The standard InChI is InChI=1S/C22H25NO6/c1-15-7-10-17(11-8-15)23-22(27)29-21(16(2)9-12-20(25)26)18-5-3-4-6-19(18)28-14-13-24/h3-12,16,21,24H,13-14H2,1-2H3,(H,23,27)(H,25,26)/b12-9+/t16-,21-/m1/s1. The molecular weight excluding hydrogens is 374 g/mol. The van der Waals surface area contributed by atoms with Crippen LogP contribution in [0.1, 0.15) is 24.2 Å². The number of para-hydroxylation sites is 1. The van der Waals surface area contributed by atoms with Gasteiger partial charge in [0.1, 0.15) is 18.5 Å². The van der Waals surface area contributed by atoms with E-state index in [1.54, 1.807) is 43.3 Å². The number of ether oxygens (including phenoxy) is 2. The minimum absolute atomic E-state index is 0.0820. The zero-order valence-electron chi connectivity index (χ0n) is 16.4. The van der Waals surface area contributed by atoms with Crippen molar-refractivity contribution in [1.29, 1.82) is 0 Å². The van der Waals surface area contributed by atoms with Crippen molar-refractivity contribution < 1.29 is 29.3 Å². The van der Waals surface area contributed by atoms with Gasteiger partial charge in [0.25, 0.3) is 0 Å². The summed E-state index contributed by atoms with van der Waals surface area (Å²) in [7, 11) is 0. The first kappa shape index (κ1) is 22.0. The first-order chi connectivity index (χ1) is 13.9. The van der Waals surface area contributed by atoms with Crippen LogP contribution in [0, 0.1) is 12.8 Å². The number of aliphatic carboxylic acids is 1. The number of carbonyl (C=O) groups excluding carboxylic acids is 1. The highest BCUT2D eigenvalue weighted by Crippen LogP contribution is 2.34. The Balaban J connectivity index is 2.26. The highest BCUT2D eigenvalue weighted by Gasteiger charge is 2.25. The van der Waals surface area contributed by atoms with Gasteiger partial charge >= 0.3 is 12.1 Å². The van der Waals surface area contributed by atoms with Crippen molar-refractivity contribution >= 4 is 17.7 Å². The van der Waals surface area contributed by atoms with Gasteiger partial charge in [0.05, 0.1) is 6.61 Å². The number of amides is 1. The summed E-state index contributed by atoms with van der Waals surface area (Å²) in [5.74, 6) is -1.09. The van der Waals surface area contributed by atoms with Gasteiger partial charge in [0, 0.05) is 23.2 Å². The zero-order chi connectivity index (χ0) is 21.2. The molecule has 0 saturated carbocycles. The topological polar surface area (TPSA) is 105 Å². The number of nitrogens with one attached hydrogen (secondary N) is 1. The maximum atomic E-state index is 12.5. The number of hydrogen-bond acceptors (Lipinski definition) is 5. The number of carboxylic acids is 1. The molecule has 7 heteroatoms. The van der Waals surface area contributed by atoms with E-state index in [0.29, 0.717) is 17.0 Å². The fraction of sp³-hybridized carbons (Fsp3) is 0.273. The van der Waals surface area contributed by atoms with Crippen LogP contribution in [0.15, 0.2) is 60.7 Å². The molecule has 3 N–H and O–H groups in total. The van der Waals surface area contributed by atoms with Crippen LogP contribution >= 0.6 is 0 Å². The zero-order valence-corrected chi connectivity index (χ0v) is 16.4. The molecule has 0 unspecified atom stereocenters. The molecule has 0 bridgehead atoms. The second-order valence-electron chi connectivity index (χ2n) is 6.48. The Morgan fingerprint density at radius 2 is 1.83 bits per heavy atom. The third kappa shape index (κ3) is 6.97. The molecule has 2 aromatic rings. The third-order valence-corrected chi connectivity index (χ3v) is 4.13. The quantitative estimate of drug-likeness (QED) is 0.552. The van der Waals surface area contributed by atoms with Gasteiger partial charge < -0.3 is 19.7 Å². The monoisotopic (exact) mass is 399 g/mol. The largest absolute Gasteiger partial charge is 0.491 e. The summed E-state index contributed by atoms with van der Waals surface area (Å²) in [6, 6.07) is 14.2. The average Bonchev–Trinajstić information content (AvgIpc) is 2.70. The first-order valence-corrected chi connectivity index (χ1v) is 9.18. The normalized spacial score (nSPS) is 12.9. The smallest absolute Gasteiger partial charge is 0.412 e. The summed E-state index contributed by atoms with van der Waals surface area (Å²) in [6.07, 6.45) is 0.989. The average molecular weight is 399 g/mol. The SMILES string of the molecule is Cc1ccc(NC(=O)O[C@@H](c2ccccc2OCCO)[C@H](C)/C=C/C(=O)O)cc1. The number of benzene rings is 2. The molecule has 7 nitrogen and oxygen atoms in total. The van der Waals surface area contributed by atoms with Crippen molar-refractivity contribution in [2.24, 2.45) is 5.92 Å². The van der Waals surface area contributed by atoms with Gasteiger partial charge in [0.2, 0.25) is 0 Å². The summed E-state index contributed by atoms with van der Waals surface area (Å²) in [5.41, 5.74) is 2.21. The van der Waals surface area contributed by atoms with E-state index < -0.39 is 24.1 Å². The number of aryl methyl sites for hydroxylation is 1. The van der Waals surface area contributed by atoms with E-state index in [4.69, 9.17) is 19.7 Å². The molecule has 2 rings (SSSR count). The van der Waals surface area contributed by atoms with Crippen molar-refractivity contribution in [1.82, 2.24) is 0 Å². The van der Waals surface area contributed by atoms with E-state index in [9.17, 15) is 9.59 Å². The van der Waals surface area contributed by atoms with Crippen LogP contribution in [0.3, 0.4) is 0 Å². The van der Waals surface area contributed by atoms with Crippen LogP contribution in [0.5, 0.6) is 5.75 Å². The molecule has 0 aliphatic carbocycles. The molecule has 0 heterocycles. The maximum absolute atomic E-state index is 12.5. The second-order valence-corrected chi connectivity index (χ2v) is 6.48. The van der Waals surface area contributed by atoms with Crippen molar-refractivity contribution in [2.45, 2.75) is 20.0 Å². The van der Waals surface area contributed by atoms with Crippen LogP contribution in [-0.4, -0.2) is 35.5 Å². The lowest BCUT2D eigenvalue weighted by Crippen LogP contribution is -2.22. The predicted molar refractivity (Wildman–Crippen MR) is 109 cm³/mol. The third-order valence-electron chi connectivity index (χ3n) is 4.13. The fourth-order valence-electron chi connectivity index (χ4n) is 2.69. The van der Waals surface area contributed by atoms with E-state index in [-0.39, 0.29) is 13.2 Å². The first-order valence-electron chi connectivity index (χ1n) is 9.18. The Bertz CT molecular complexity index is 847. The van der Waals surface area contributed by atoms with Crippen molar-refractivity contribution in [3.8, 4) is 5.75 Å². The summed E-state index contributed by atoms with van der Waals surface area (Å²) in [4.78, 5) is 23.4. The van der Waals surface area contributed by atoms with E-state index in [1.165, 1.54) is 6.08 Å². The Morgan fingerprint density at radius 3 is 2.48 bits per heavy atom. The Morgan fingerprint density at radius 1 is 1.14 bits per heavy atom. The van der Waals surface area contributed by atoms with Crippen molar-refractivity contribution in [3.05, 3.63) is 71.8 Å². The van der Waals surface area contributed by atoms with Crippen LogP contribution in [0.25, 0.3) is 0 Å². The minimum atomic E-state index is -1.09. The van der Waals surface area contributed by atoms with Crippen LogP contribution in [0.4, 0.5) is 10.5 Å². The van der Waals surface area contributed by atoms with E-state index in [2.05, 4.69) is 5.32 Å². The molecule has 0 radical (unpaired) electrons. The fourth-order valence-corrected chi connectivity index (χ4v) is 2.69. The van der Waals surface area contributed by atoms with Gasteiger partial charge in [-0.25, -0.2) is 9.59 Å². The molecule has 0 aliphatic heterocycles. The van der Waals surface area contributed by atoms with Crippen molar-refractivity contribution in [3.63, 3.8) is 0 Å². The highest BCUT2D eigenvalue weighted by molar-refractivity contribution is 5.84. The minimum Gasteiger partial charge on any atom is -0.491 e. The molecule has 1 amide bonds. The molecule has 0 fully saturated rings. The van der Waals surface area contributed by atoms with Crippen LogP contribution in [-0.2, 0) is 9.53 Å². The van der Waals surface area contributed by atoms with Gasteiger partial charge in [-0.1, -0.05) is 48.9 Å². The van der Waals surface area contributed by atoms with Gasteiger partial charge in [-0.3, -0.25) is 5.32 Å². The lowest BCUT2D eigenvalue weighted by molar-refractivity contribution is -0.131. The summed E-state index contributed by atoms with van der Waals surface area (Å²) in [5, 5.41) is 20.6. The van der Waals surface area contributed by atoms with Crippen molar-refractivity contribution in [2.75, 3.05) is 18.5 Å². The van der Waals surface area contributed by atoms with E-state index in [0.717, 1.165) is 11.6 Å². The van der Waals surface area contributed by atoms with Crippen LogP contribution in [0.2, 0.25) is 0 Å². The Labute approximate surface area is 169 Å². The molecule has 0 spiro atoms. The highest BCUT2D eigenvalue weighted by atomic mass is 16.6. The Hall–Kier alpha value is -3.32. The number of hydrogen-bond donors (Lipinski definition) is 3. The number of aliphatic hydroxyl groups is 1. The van der Waals surface area contributed by atoms with Gasteiger partial charge in [-0.15, -0.1) is 0 Å². The lowest BCUT2D eigenvalue weighted by atomic mass is 9.96. The number of aliphatic hydroxyl groups excluding tert-OH is 1. The van der Waals surface area contributed by atoms with E-state index >= 15 is 0 Å². The molecule has 29 heavy (non-hydrogen) atoms. The van der Waals surface area contributed by atoms with Crippen LogP contribution < -0.4 is 10.1 Å². The summed E-state index contributed by atoms with van der Waals surface area (Å²) < 4.78 is 11.2. The predicted octanol–water partition coefficient (Wildman–Crippen LogP) is 3.93. The van der Waals surface area contributed by atoms with E-state index in [1.807, 2.05) is 19.1 Å². The number of rotatable bonds is 9. The molecule has 2 aromatic carbocycles. The molecule has 2 atom stereocenters. The number of carboxylic acid groups (broad SMARTS) is 1.